The highest BCUT2D eigenvalue weighted by molar-refractivity contribution is 7.89. The number of carbonyl (C=O) groups is 1. The number of rotatable bonds is 6. The minimum Gasteiger partial charge on any atom is -0.478 e. The summed E-state index contributed by atoms with van der Waals surface area (Å²) in [7, 11) is -4.59. The molecule has 0 amide bonds. The van der Waals surface area contributed by atoms with Crippen LogP contribution in [0.2, 0.25) is 5.02 Å². The van der Waals surface area contributed by atoms with Gasteiger partial charge in [0.2, 0.25) is 10.0 Å². The Morgan fingerprint density at radius 2 is 1.95 bits per heavy atom. The van der Waals surface area contributed by atoms with E-state index in [-0.39, 0.29) is 5.02 Å². The number of halogens is 5. The maximum absolute atomic E-state index is 12.7. The van der Waals surface area contributed by atoms with Gasteiger partial charge in [0.25, 0.3) is 0 Å². The lowest BCUT2D eigenvalue weighted by Gasteiger charge is -2.16. The van der Waals surface area contributed by atoms with Gasteiger partial charge in [0.05, 0.1) is 22.0 Å². The number of sulfonamides is 1. The molecule has 2 N–H and O–H groups in total. The highest BCUT2D eigenvalue weighted by atomic mass is 35.5. The van der Waals surface area contributed by atoms with Crippen molar-refractivity contribution in [3.63, 3.8) is 0 Å². The average Bonchev–Trinajstić information content (AvgIpc) is 2.36. The van der Waals surface area contributed by atoms with E-state index >= 15 is 0 Å². The fourth-order valence-corrected chi connectivity index (χ4v) is 2.45. The Balaban J connectivity index is 3.04. The van der Waals surface area contributed by atoms with Gasteiger partial charge in [0, 0.05) is 0 Å². The van der Waals surface area contributed by atoms with Crippen LogP contribution < -0.4 is 4.72 Å². The Labute approximate surface area is 121 Å². The molecule has 0 saturated carbocycles. The zero-order valence-electron chi connectivity index (χ0n) is 9.99. The van der Waals surface area contributed by atoms with Gasteiger partial charge in [-0.1, -0.05) is 11.6 Å². The molecule has 1 aromatic carbocycles. The first-order chi connectivity index (χ1) is 9.47. The zero-order valence-corrected chi connectivity index (χ0v) is 11.6. The first-order valence-electron chi connectivity index (χ1n) is 5.16. The maximum atomic E-state index is 12.7. The molecule has 1 aromatic rings. The van der Waals surface area contributed by atoms with Crippen LogP contribution in [0.5, 0.6) is 0 Å². The number of carboxylic acids is 1. The fourth-order valence-electron chi connectivity index (χ4n) is 1.19. The lowest BCUT2D eigenvalue weighted by Crippen LogP contribution is -2.41. The third-order valence-corrected chi connectivity index (χ3v) is 4.02. The molecule has 0 aliphatic heterocycles. The van der Waals surface area contributed by atoms with Gasteiger partial charge in [0.1, 0.15) is 0 Å². The smallest absolute Gasteiger partial charge is 0.337 e. The fraction of sp³-hybridized carbons (Fsp3) is 0.300. The Hall–Kier alpha value is -1.39. The van der Waals surface area contributed by atoms with E-state index in [0.717, 1.165) is 12.1 Å². The van der Waals surface area contributed by atoms with Crippen LogP contribution in [0.1, 0.15) is 10.4 Å². The third-order valence-electron chi connectivity index (χ3n) is 2.30. The van der Waals surface area contributed by atoms with E-state index in [1.165, 1.54) is 4.72 Å². The molecule has 0 atom stereocenters. The van der Waals surface area contributed by atoms with E-state index in [1.807, 2.05) is 0 Å². The Morgan fingerprint density at radius 3 is 2.43 bits per heavy atom. The molecule has 21 heavy (non-hydrogen) atoms. The molecule has 5 nitrogen and oxygen atoms in total. The van der Waals surface area contributed by atoms with E-state index in [0.29, 0.717) is 6.07 Å². The van der Waals surface area contributed by atoms with Crippen LogP contribution in [0, 0.1) is 0 Å². The molecule has 0 spiro atoms. The number of benzene rings is 1. The van der Waals surface area contributed by atoms with E-state index in [2.05, 4.69) is 0 Å². The van der Waals surface area contributed by atoms with Gasteiger partial charge in [-0.15, -0.1) is 0 Å². The minimum atomic E-state index is -4.59. The van der Waals surface area contributed by atoms with Gasteiger partial charge in [-0.05, 0) is 18.2 Å². The Bertz CT molecular complexity index is 650. The quantitative estimate of drug-likeness (QED) is 0.771. The van der Waals surface area contributed by atoms with Crippen LogP contribution in [0.15, 0.2) is 23.1 Å². The van der Waals surface area contributed by atoms with Crippen molar-refractivity contribution in [3.8, 4) is 0 Å². The summed E-state index contributed by atoms with van der Waals surface area (Å²) in [5.41, 5.74) is -0.569. The highest BCUT2D eigenvalue weighted by Gasteiger charge is 2.41. The first-order valence-corrected chi connectivity index (χ1v) is 7.02. The van der Waals surface area contributed by atoms with Crippen LogP contribution in [-0.2, 0) is 10.0 Å². The number of hydrogen-bond acceptors (Lipinski definition) is 3. The van der Waals surface area contributed by atoms with Crippen molar-refractivity contribution in [1.82, 2.24) is 4.72 Å². The van der Waals surface area contributed by atoms with Crippen LogP contribution in [-0.4, -0.2) is 38.4 Å². The van der Waals surface area contributed by atoms with Gasteiger partial charge in [-0.2, -0.15) is 8.78 Å². The van der Waals surface area contributed by atoms with Gasteiger partial charge in [0.15, 0.2) is 0 Å². The van der Waals surface area contributed by atoms with Crippen LogP contribution in [0.25, 0.3) is 0 Å². The molecule has 0 unspecified atom stereocenters. The Morgan fingerprint density at radius 1 is 1.38 bits per heavy atom. The van der Waals surface area contributed by atoms with Crippen molar-refractivity contribution in [2.45, 2.75) is 17.2 Å². The van der Waals surface area contributed by atoms with Crippen molar-refractivity contribution in [1.29, 1.82) is 0 Å². The van der Waals surface area contributed by atoms with E-state index in [1.54, 1.807) is 0 Å². The first kappa shape index (κ1) is 17.7. The summed E-state index contributed by atoms with van der Waals surface area (Å²) in [6.45, 7) is -1.82. The second-order valence-corrected chi connectivity index (χ2v) is 6.01. The van der Waals surface area contributed by atoms with E-state index in [9.17, 15) is 30.8 Å². The molecule has 1 rings (SSSR count). The number of hydrogen-bond donors (Lipinski definition) is 2. The van der Waals surface area contributed by atoms with Crippen molar-refractivity contribution in [3.05, 3.63) is 28.8 Å². The summed E-state index contributed by atoms with van der Waals surface area (Å²) >= 11 is 5.52. The van der Waals surface area contributed by atoms with Crippen molar-refractivity contribution in [2.24, 2.45) is 0 Å². The minimum absolute atomic E-state index is 0.264. The van der Waals surface area contributed by atoms with Crippen molar-refractivity contribution >= 4 is 27.6 Å². The molecule has 0 aliphatic carbocycles. The lowest BCUT2D eigenvalue weighted by molar-refractivity contribution is -0.122. The monoisotopic (exact) mass is 349 g/mol. The summed E-state index contributed by atoms with van der Waals surface area (Å²) < 4.78 is 73.8. The zero-order chi connectivity index (χ0) is 16.4. The number of alkyl halides is 4. The van der Waals surface area contributed by atoms with Gasteiger partial charge >= 0.3 is 18.3 Å². The Kier molecular flexibility index (Phi) is 5.18. The molecule has 0 aliphatic rings. The molecule has 118 valence electrons. The molecule has 0 radical (unpaired) electrons. The molecule has 0 bridgehead atoms. The number of carboxylic acid groups (broad SMARTS) is 1. The predicted octanol–water partition coefficient (Wildman–Crippen LogP) is 2.22. The molecular weight excluding hydrogens is 342 g/mol. The summed E-state index contributed by atoms with van der Waals surface area (Å²) in [5.74, 6) is -6.08. The molecule has 11 heteroatoms. The molecule has 0 saturated heterocycles. The topological polar surface area (TPSA) is 83.5 Å². The van der Waals surface area contributed by atoms with Crippen LogP contribution in [0.4, 0.5) is 17.6 Å². The van der Waals surface area contributed by atoms with Crippen molar-refractivity contribution < 1.29 is 35.9 Å². The molecular formula is C10H8ClF4NO4S. The predicted molar refractivity (Wildman–Crippen MR) is 64.6 cm³/mol. The highest BCUT2D eigenvalue weighted by Crippen LogP contribution is 2.24. The van der Waals surface area contributed by atoms with Gasteiger partial charge in [-0.25, -0.2) is 26.7 Å². The lowest BCUT2D eigenvalue weighted by atomic mass is 10.2. The average molecular weight is 350 g/mol. The second kappa shape index (κ2) is 6.16. The van der Waals surface area contributed by atoms with Crippen LogP contribution in [0.3, 0.4) is 0 Å². The number of nitrogens with one attached hydrogen (secondary N) is 1. The summed E-state index contributed by atoms with van der Waals surface area (Å²) in [6.07, 6.45) is -4.04. The molecule has 0 heterocycles. The third kappa shape index (κ3) is 4.29. The van der Waals surface area contributed by atoms with E-state index < -0.39 is 45.3 Å². The molecule has 0 fully saturated rings. The van der Waals surface area contributed by atoms with Crippen LogP contribution >= 0.6 is 11.6 Å². The van der Waals surface area contributed by atoms with Gasteiger partial charge in [-0.3, -0.25) is 0 Å². The van der Waals surface area contributed by atoms with Crippen molar-refractivity contribution in [2.75, 3.05) is 6.54 Å². The standard InChI is InChI=1S/C10H8ClF4NO4S/c11-7-2-1-5(3-6(7)8(17)18)21(19,20)16-4-10(14,15)9(12)13/h1-3,9,16H,4H2,(H,17,18). The summed E-state index contributed by atoms with van der Waals surface area (Å²) in [4.78, 5) is 10.1. The summed E-state index contributed by atoms with van der Waals surface area (Å²) in [5, 5.41) is 8.50. The summed E-state index contributed by atoms with van der Waals surface area (Å²) in [6, 6.07) is 2.43. The second-order valence-electron chi connectivity index (χ2n) is 3.83. The largest absolute Gasteiger partial charge is 0.478 e. The maximum Gasteiger partial charge on any atom is 0.337 e. The molecule has 0 aromatic heterocycles. The van der Waals surface area contributed by atoms with E-state index in [4.69, 9.17) is 16.7 Å². The normalized spacial score (nSPS) is 12.7. The SMILES string of the molecule is O=C(O)c1cc(S(=O)(=O)NCC(F)(F)C(F)F)ccc1Cl. The number of aromatic carboxylic acids is 1. The van der Waals surface area contributed by atoms with Gasteiger partial charge < -0.3 is 5.11 Å².